The van der Waals surface area contributed by atoms with Crippen LogP contribution in [0, 0.1) is 0 Å². The van der Waals surface area contributed by atoms with Crippen molar-refractivity contribution in [3.63, 3.8) is 0 Å². The summed E-state index contributed by atoms with van der Waals surface area (Å²) in [6.07, 6.45) is 0. The number of likely N-dealkylation sites (N-methyl/N-ethyl adjacent to an activating group) is 1. The number of amides is 2. The van der Waals surface area contributed by atoms with E-state index in [1.807, 2.05) is 30.3 Å². The van der Waals surface area contributed by atoms with E-state index >= 15 is 0 Å². The maximum Gasteiger partial charge on any atom is 0.338 e. The second-order valence-corrected chi connectivity index (χ2v) is 6.11. The van der Waals surface area contributed by atoms with Crippen molar-refractivity contribution in [1.82, 2.24) is 4.90 Å². The van der Waals surface area contributed by atoms with Crippen LogP contribution in [0.25, 0.3) is 0 Å². The fourth-order valence-electron chi connectivity index (χ4n) is 2.58. The summed E-state index contributed by atoms with van der Waals surface area (Å²) in [5.41, 5.74) is 1.97. The van der Waals surface area contributed by atoms with Crippen molar-refractivity contribution in [3.05, 3.63) is 65.7 Å². The van der Waals surface area contributed by atoms with Gasteiger partial charge in [0.05, 0.1) is 12.2 Å². The Labute approximate surface area is 159 Å². The van der Waals surface area contributed by atoms with Crippen LogP contribution in [0.15, 0.2) is 54.6 Å². The highest BCUT2D eigenvalue weighted by molar-refractivity contribution is 5.98. The van der Waals surface area contributed by atoms with E-state index in [1.54, 1.807) is 43.1 Å². The van der Waals surface area contributed by atoms with Crippen LogP contribution >= 0.6 is 0 Å². The standard InChI is InChI=1S/C21H24N2O4/c1-4-27-21(26)18-10-12-19(13-11-18)23(16(2)24)15-20(25)22(3)14-17-8-6-5-7-9-17/h5-13H,4,14-15H2,1-3H3. The fourth-order valence-corrected chi connectivity index (χ4v) is 2.58. The minimum Gasteiger partial charge on any atom is -0.462 e. The van der Waals surface area contributed by atoms with Crippen LogP contribution in [0.1, 0.15) is 29.8 Å². The molecule has 0 fully saturated rings. The van der Waals surface area contributed by atoms with Crippen LogP contribution in [-0.4, -0.2) is 42.9 Å². The summed E-state index contributed by atoms with van der Waals surface area (Å²) in [6.45, 7) is 3.83. The molecule has 2 rings (SSSR count). The Morgan fingerprint density at radius 2 is 1.59 bits per heavy atom. The van der Waals surface area contributed by atoms with E-state index in [1.165, 1.54) is 11.8 Å². The van der Waals surface area contributed by atoms with Gasteiger partial charge in [0.1, 0.15) is 6.54 Å². The van der Waals surface area contributed by atoms with Gasteiger partial charge < -0.3 is 14.5 Å². The van der Waals surface area contributed by atoms with Gasteiger partial charge in [-0.2, -0.15) is 0 Å². The van der Waals surface area contributed by atoms with E-state index in [0.717, 1.165) is 5.56 Å². The molecule has 0 N–H and O–H groups in total. The number of carbonyl (C=O) groups excluding carboxylic acids is 3. The third-order valence-electron chi connectivity index (χ3n) is 4.05. The van der Waals surface area contributed by atoms with E-state index in [4.69, 9.17) is 4.74 Å². The molecule has 2 aromatic carbocycles. The molecule has 142 valence electrons. The van der Waals surface area contributed by atoms with Crippen LogP contribution < -0.4 is 4.90 Å². The van der Waals surface area contributed by atoms with Gasteiger partial charge >= 0.3 is 5.97 Å². The van der Waals surface area contributed by atoms with Crippen LogP contribution in [0.5, 0.6) is 0 Å². The lowest BCUT2D eigenvalue weighted by Gasteiger charge is -2.24. The predicted molar refractivity (Wildman–Crippen MR) is 103 cm³/mol. The lowest BCUT2D eigenvalue weighted by molar-refractivity contribution is -0.130. The minimum absolute atomic E-state index is 0.0720. The molecule has 0 aliphatic rings. The predicted octanol–water partition coefficient (Wildman–Crippen LogP) is 2.87. The monoisotopic (exact) mass is 368 g/mol. The first-order valence-corrected chi connectivity index (χ1v) is 8.75. The number of hydrogen-bond acceptors (Lipinski definition) is 4. The number of ether oxygens (including phenoxy) is 1. The summed E-state index contributed by atoms with van der Waals surface area (Å²) in [5, 5.41) is 0. The topological polar surface area (TPSA) is 66.9 Å². The highest BCUT2D eigenvalue weighted by Gasteiger charge is 2.19. The molecule has 0 spiro atoms. The number of carbonyl (C=O) groups is 3. The van der Waals surface area contributed by atoms with Crippen molar-refractivity contribution in [1.29, 1.82) is 0 Å². The Balaban J connectivity index is 2.07. The summed E-state index contributed by atoms with van der Waals surface area (Å²) < 4.78 is 4.95. The second-order valence-electron chi connectivity index (χ2n) is 6.11. The van der Waals surface area contributed by atoms with Gasteiger partial charge in [0.2, 0.25) is 11.8 Å². The first-order chi connectivity index (χ1) is 12.9. The molecule has 0 aliphatic carbocycles. The maximum atomic E-state index is 12.6. The Morgan fingerprint density at radius 3 is 2.15 bits per heavy atom. The van der Waals surface area contributed by atoms with Crippen molar-refractivity contribution in [3.8, 4) is 0 Å². The van der Waals surface area contributed by atoms with Crippen molar-refractivity contribution >= 4 is 23.5 Å². The highest BCUT2D eigenvalue weighted by Crippen LogP contribution is 2.17. The molecule has 0 bridgehead atoms. The number of benzene rings is 2. The summed E-state index contributed by atoms with van der Waals surface area (Å²) in [4.78, 5) is 39.3. The average molecular weight is 368 g/mol. The SMILES string of the molecule is CCOC(=O)c1ccc(N(CC(=O)N(C)Cc2ccccc2)C(C)=O)cc1. The fraction of sp³-hybridized carbons (Fsp3) is 0.286. The van der Waals surface area contributed by atoms with Gasteiger partial charge in [0.25, 0.3) is 0 Å². The first-order valence-electron chi connectivity index (χ1n) is 8.75. The summed E-state index contributed by atoms with van der Waals surface area (Å²) in [6, 6.07) is 16.1. The van der Waals surface area contributed by atoms with Crippen LogP contribution in [0.3, 0.4) is 0 Å². The molecular formula is C21H24N2O4. The Morgan fingerprint density at radius 1 is 0.963 bits per heavy atom. The molecule has 2 aromatic rings. The van der Waals surface area contributed by atoms with Crippen molar-refractivity contribution in [2.24, 2.45) is 0 Å². The van der Waals surface area contributed by atoms with Crippen molar-refractivity contribution < 1.29 is 19.1 Å². The van der Waals surface area contributed by atoms with Gasteiger partial charge in [-0.15, -0.1) is 0 Å². The number of hydrogen-bond donors (Lipinski definition) is 0. The van der Waals surface area contributed by atoms with Gasteiger partial charge in [0, 0.05) is 26.2 Å². The van der Waals surface area contributed by atoms with Crippen LogP contribution in [0.2, 0.25) is 0 Å². The zero-order valence-corrected chi connectivity index (χ0v) is 15.8. The van der Waals surface area contributed by atoms with Crippen LogP contribution in [0.4, 0.5) is 5.69 Å². The molecule has 27 heavy (non-hydrogen) atoms. The highest BCUT2D eigenvalue weighted by atomic mass is 16.5. The molecule has 2 amide bonds. The maximum absolute atomic E-state index is 12.6. The Hall–Kier alpha value is -3.15. The summed E-state index contributed by atoms with van der Waals surface area (Å²) >= 11 is 0. The summed E-state index contributed by atoms with van der Waals surface area (Å²) in [5.74, 6) is -0.846. The third-order valence-corrected chi connectivity index (χ3v) is 4.05. The molecule has 0 atom stereocenters. The van der Waals surface area contributed by atoms with Crippen molar-refractivity contribution in [2.45, 2.75) is 20.4 Å². The lowest BCUT2D eigenvalue weighted by Crippen LogP contribution is -2.40. The normalized spacial score (nSPS) is 10.2. The zero-order chi connectivity index (χ0) is 19.8. The van der Waals surface area contributed by atoms with E-state index in [-0.39, 0.29) is 18.4 Å². The van der Waals surface area contributed by atoms with Crippen molar-refractivity contribution in [2.75, 3.05) is 25.1 Å². The first kappa shape index (κ1) is 20.2. The zero-order valence-electron chi connectivity index (χ0n) is 15.8. The minimum atomic E-state index is -0.419. The molecular weight excluding hydrogens is 344 g/mol. The Bertz CT molecular complexity index is 788. The van der Waals surface area contributed by atoms with E-state index < -0.39 is 5.97 Å². The van der Waals surface area contributed by atoms with Gasteiger partial charge in [-0.3, -0.25) is 9.59 Å². The van der Waals surface area contributed by atoms with Crippen LogP contribution in [-0.2, 0) is 20.9 Å². The molecule has 0 unspecified atom stereocenters. The number of nitrogens with zero attached hydrogens (tertiary/aromatic N) is 2. The lowest BCUT2D eigenvalue weighted by atomic mass is 10.2. The molecule has 6 nitrogen and oxygen atoms in total. The average Bonchev–Trinajstić information content (AvgIpc) is 2.66. The molecule has 0 heterocycles. The van der Waals surface area contributed by atoms with E-state index in [9.17, 15) is 14.4 Å². The van der Waals surface area contributed by atoms with Gasteiger partial charge in [-0.05, 0) is 36.8 Å². The number of esters is 1. The molecule has 0 radical (unpaired) electrons. The third kappa shape index (κ3) is 5.67. The molecule has 0 aliphatic heterocycles. The van der Waals surface area contributed by atoms with E-state index in [0.29, 0.717) is 24.4 Å². The molecule has 6 heteroatoms. The number of anilines is 1. The largest absolute Gasteiger partial charge is 0.462 e. The van der Waals surface area contributed by atoms with Gasteiger partial charge in [0.15, 0.2) is 0 Å². The van der Waals surface area contributed by atoms with Gasteiger partial charge in [-0.1, -0.05) is 30.3 Å². The second kappa shape index (κ2) is 9.52. The number of rotatable bonds is 7. The van der Waals surface area contributed by atoms with Gasteiger partial charge in [-0.25, -0.2) is 4.79 Å². The van der Waals surface area contributed by atoms with E-state index in [2.05, 4.69) is 0 Å². The summed E-state index contributed by atoms with van der Waals surface area (Å²) in [7, 11) is 1.71. The Kier molecular flexibility index (Phi) is 7.11. The smallest absolute Gasteiger partial charge is 0.338 e. The molecule has 0 saturated heterocycles. The quantitative estimate of drug-likeness (QED) is 0.705. The molecule has 0 aromatic heterocycles. The molecule has 0 saturated carbocycles.